The van der Waals surface area contributed by atoms with Gasteiger partial charge in [-0.05, 0) is 33.6 Å². The minimum Gasteiger partial charge on any atom is -0.405 e. The van der Waals surface area contributed by atoms with Crippen LogP contribution < -0.4 is 16.0 Å². The number of nitrogens with one attached hydrogen (secondary N) is 1. The summed E-state index contributed by atoms with van der Waals surface area (Å²) in [4.78, 5) is 14.0. The van der Waals surface area contributed by atoms with Crippen molar-refractivity contribution in [1.29, 1.82) is 10.5 Å². The summed E-state index contributed by atoms with van der Waals surface area (Å²) < 4.78 is 41.2. The largest absolute Gasteiger partial charge is 0.573 e. The number of anilines is 1. The van der Waals surface area contributed by atoms with Gasteiger partial charge in [-0.2, -0.15) is 10.5 Å². The number of rotatable bonds is 2. The summed E-state index contributed by atoms with van der Waals surface area (Å²) in [5, 5.41) is 18.3. The van der Waals surface area contributed by atoms with Crippen LogP contribution in [0.5, 0.6) is 5.75 Å². The SMILES string of the molecule is N#Cc1c(N)[nH]c(=O)c(C#N)c1-c1ccc(Br)c(OC(F)(F)F)c1. The molecular weight excluding hydrogens is 393 g/mol. The van der Waals surface area contributed by atoms with Gasteiger partial charge in [0.1, 0.15) is 34.8 Å². The summed E-state index contributed by atoms with van der Waals surface area (Å²) in [7, 11) is 0. The Balaban J connectivity index is 2.79. The minimum atomic E-state index is -4.94. The van der Waals surface area contributed by atoms with Crippen LogP contribution in [0.3, 0.4) is 0 Å². The molecule has 2 aromatic rings. The van der Waals surface area contributed by atoms with Crippen molar-refractivity contribution in [2.45, 2.75) is 6.36 Å². The number of H-pyrrole nitrogens is 1. The number of hydrogen-bond donors (Lipinski definition) is 2. The molecule has 24 heavy (non-hydrogen) atoms. The summed E-state index contributed by atoms with van der Waals surface area (Å²) in [5.74, 6) is -0.885. The fraction of sp³-hybridized carbons (Fsp3) is 0.0714. The topological polar surface area (TPSA) is 116 Å². The fourth-order valence-electron chi connectivity index (χ4n) is 1.99. The maximum Gasteiger partial charge on any atom is 0.573 e. The van der Waals surface area contributed by atoms with E-state index in [4.69, 9.17) is 11.0 Å². The predicted octanol–water partition coefficient (Wildman–Crippen LogP) is 3.03. The number of hydrogen-bond acceptors (Lipinski definition) is 5. The van der Waals surface area contributed by atoms with E-state index < -0.39 is 23.2 Å². The lowest BCUT2D eigenvalue weighted by Crippen LogP contribution is -2.18. The fourth-order valence-corrected chi connectivity index (χ4v) is 2.32. The van der Waals surface area contributed by atoms with Crippen molar-refractivity contribution < 1.29 is 17.9 Å². The highest BCUT2D eigenvalue weighted by molar-refractivity contribution is 9.10. The normalized spacial score (nSPS) is 10.8. The summed E-state index contributed by atoms with van der Waals surface area (Å²) in [6, 6.07) is 6.85. The van der Waals surface area contributed by atoms with Gasteiger partial charge < -0.3 is 15.5 Å². The van der Waals surface area contributed by atoms with Gasteiger partial charge in [0, 0.05) is 5.56 Å². The maximum atomic E-state index is 12.5. The van der Waals surface area contributed by atoms with E-state index in [9.17, 15) is 23.2 Å². The Morgan fingerprint density at radius 3 is 2.38 bits per heavy atom. The van der Waals surface area contributed by atoms with E-state index >= 15 is 0 Å². The Bertz CT molecular complexity index is 955. The second-order valence-electron chi connectivity index (χ2n) is 4.41. The molecule has 0 aliphatic heterocycles. The van der Waals surface area contributed by atoms with E-state index in [1.807, 2.05) is 0 Å². The zero-order chi connectivity index (χ0) is 18.1. The van der Waals surface area contributed by atoms with Crippen LogP contribution in [0.15, 0.2) is 27.5 Å². The lowest BCUT2D eigenvalue weighted by Gasteiger charge is -2.13. The maximum absolute atomic E-state index is 12.5. The van der Waals surface area contributed by atoms with Crippen LogP contribution in [0, 0.1) is 22.7 Å². The predicted molar refractivity (Wildman–Crippen MR) is 80.7 cm³/mol. The van der Waals surface area contributed by atoms with Gasteiger partial charge in [0.15, 0.2) is 0 Å². The van der Waals surface area contributed by atoms with Crippen molar-refractivity contribution in [2.24, 2.45) is 0 Å². The number of alkyl halides is 3. The van der Waals surface area contributed by atoms with E-state index in [1.54, 1.807) is 12.1 Å². The molecule has 0 amide bonds. The van der Waals surface area contributed by atoms with Crippen molar-refractivity contribution in [3.8, 4) is 29.0 Å². The average Bonchev–Trinajstić information content (AvgIpc) is 2.47. The summed E-state index contributed by atoms with van der Waals surface area (Å²) in [5.41, 5.74) is 3.86. The molecule has 3 N–H and O–H groups in total. The van der Waals surface area contributed by atoms with Gasteiger partial charge in [0.05, 0.1) is 4.47 Å². The molecule has 0 saturated heterocycles. The lowest BCUT2D eigenvalue weighted by molar-refractivity contribution is -0.274. The zero-order valence-corrected chi connectivity index (χ0v) is 13.1. The second-order valence-corrected chi connectivity index (χ2v) is 5.26. The summed E-state index contributed by atoms with van der Waals surface area (Å²) >= 11 is 2.91. The molecule has 10 heteroatoms. The van der Waals surface area contributed by atoms with E-state index in [1.165, 1.54) is 12.1 Å². The summed E-state index contributed by atoms with van der Waals surface area (Å²) in [6.07, 6.45) is -4.94. The van der Waals surface area contributed by atoms with Crippen LogP contribution >= 0.6 is 15.9 Å². The number of ether oxygens (including phenoxy) is 1. The van der Waals surface area contributed by atoms with E-state index in [0.29, 0.717) is 0 Å². The second kappa shape index (κ2) is 6.26. The molecule has 1 heterocycles. The molecule has 0 saturated carbocycles. The van der Waals surface area contributed by atoms with Crippen LogP contribution in [-0.4, -0.2) is 11.3 Å². The lowest BCUT2D eigenvalue weighted by atomic mass is 9.96. The number of benzene rings is 1. The van der Waals surface area contributed by atoms with E-state index in [2.05, 4.69) is 25.7 Å². The molecule has 1 aromatic heterocycles. The van der Waals surface area contributed by atoms with E-state index in [0.717, 1.165) is 6.07 Å². The number of nitrogen functional groups attached to an aromatic ring is 1. The molecule has 0 unspecified atom stereocenters. The Labute approximate surface area is 141 Å². The highest BCUT2D eigenvalue weighted by atomic mass is 79.9. The number of nitriles is 2. The number of halogens is 4. The smallest absolute Gasteiger partial charge is 0.405 e. The van der Waals surface area contributed by atoms with Crippen LogP contribution in [-0.2, 0) is 0 Å². The number of nitrogens with zero attached hydrogens (tertiary/aromatic N) is 2. The van der Waals surface area contributed by atoms with Crippen molar-refractivity contribution in [3.05, 3.63) is 44.2 Å². The Morgan fingerprint density at radius 2 is 1.83 bits per heavy atom. The highest BCUT2D eigenvalue weighted by Crippen LogP contribution is 2.36. The number of nitrogens with two attached hydrogens (primary N) is 1. The molecule has 0 fully saturated rings. The van der Waals surface area contributed by atoms with Gasteiger partial charge in [-0.15, -0.1) is 13.2 Å². The Kier molecular flexibility index (Phi) is 4.53. The van der Waals surface area contributed by atoms with Gasteiger partial charge in [0.2, 0.25) is 0 Å². The number of pyridine rings is 1. The van der Waals surface area contributed by atoms with Crippen LogP contribution in [0.25, 0.3) is 11.1 Å². The molecule has 0 aliphatic carbocycles. The molecule has 0 bridgehead atoms. The van der Waals surface area contributed by atoms with Crippen molar-refractivity contribution in [2.75, 3.05) is 5.73 Å². The first kappa shape index (κ1) is 17.4. The third-order valence-corrected chi connectivity index (χ3v) is 3.57. The number of aromatic nitrogens is 1. The van der Waals surface area contributed by atoms with Crippen LogP contribution in [0.2, 0.25) is 0 Å². The molecule has 2 rings (SSSR count). The van der Waals surface area contributed by atoms with Crippen LogP contribution in [0.4, 0.5) is 19.0 Å². The Morgan fingerprint density at radius 1 is 1.21 bits per heavy atom. The third kappa shape index (κ3) is 3.34. The van der Waals surface area contributed by atoms with Gasteiger partial charge in [-0.25, -0.2) is 0 Å². The Hall–Kier alpha value is -2.98. The minimum absolute atomic E-state index is 0.00148. The standard InChI is InChI=1S/C14H6BrF3N4O2/c15-9-2-1-6(3-10(9)24-14(16,17)18)11-7(4-19)12(21)22-13(23)8(11)5-20/h1-3H,(H3,21,22,23). The molecule has 0 atom stereocenters. The third-order valence-electron chi connectivity index (χ3n) is 2.91. The van der Waals surface area contributed by atoms with Crippen molar-refractivity contribution >= 4 is 21.7 Å². The molecule has 0 spiro atoms. The molecule has 6 nitrogen and oxygen atoms in total. The van der Waals surface area contributed by atoms with Gasteiger partial charge in [0.25, 0.3) is 5.56 Å². The monoisotopic (exact) mass is 398 g/mol. The van der Waals surface area contributed by atoms with Crippen molar-refractivity contribution in [1.82, 2.24) is 4.98 Å². The quantitative estimate of drug-likeness (QED) is 0.806. The molecule has 0 aliphatic rings. The first-order chi connectivity index (χ1) is 11.2. The molecular formula is C14H6BrF3N4O2. The first-order valence-corrected chi connectivity index (χ1v) is 6.89. The number of aromatic amines is 1. The van der Waals surface area contributed by atoms with Gasteiger partial charge >= 0.3 is 6.36 Å². The van der Waals surface area contributed by atoms with Gasteiger partial charge in [-0.3, -0.25) is 4.79 Å². The molecule has 122 valence electrons. The first-order valence-electron chi connectivity index (χ1n) is 6.09. The highest BCUT2D eigenvalue weighted by Gasteiger charge is 2.32. The molecule has 1 aromatic carbocycles. The summed E-state index contributed by atoms with van der Waals surface area (Å²) in [6.45, 7) is 0. The van der Waals surface area contributed by atoms with Crippen molar-refractivity contribution in [3.63, 3.8) is 0 Å². The average molecular weight is 399 g/mol. The van der Waals surface area contributed by atoms with Crippen LogP contribution in [0.1, 0.15) is 11.1 Å². The molecule has 0 radical (unpaired) electrons. The zero-order valence-electron chi connectivity index (χ0n) is 11.5. The van der Waals surface area contributed by atoms with E-state index in [-0.39, 0.29) is 27.0 Å². The van der Waals surface area contributed by atoms with Gasteiger partial charge in [-0.1, -0.05) is 6.07 Å².